The largest absolute Gasteiger partial charge is 0.480 e. The van der Waals surface area contributed by atoms with Crippen LogP contribution in [0.5, 0.6) is 0 Å². The Kier molecular flexibility index (Phi) is 6.18. The molecule has 0 spiro atoms. The van der Waals surface area contributed by atoms with Crippen molar-refractivity contribution in [3.8, 4) is 0 Å². The van der Waals surface area contributed by atoms with E-state index in [1.165, 1.54) is 6.92 Å². The van der Waals surface area contributed by atoms with Gasteiger partial charge in [0.05, 0.1) is 0 Å². The first-order valence-corrected chi connectivity index (χ1v) is 7.66. The highest BCUT2D eigenvalue weighted by molar-refractivity contribution is 5.92. The van der Waals surface area contributed by atoms with E-state index >= 15 is 0 Å². The first-order valence-electron chi connectivity index (χ1n) is 7.66. The van der Waals surface area contributed by atoms with Gasteiger partial charge in [0.15, 0.2) is 0 Å². The number of carbonyl (C=O) groups excluding carboxylic acids is 2. The fraction of sp³-hybridized carbons (Fsp3) is 0.800. The Morgan fingerprint density at radius 1 is 1.29 bits per heavy atom. The topological polar surface area (TPSA) is 95.5 Å². The molecule has 1 fully saturated rings. The molecule has 2 atom stereocenters. The number of carboxylic acids is 1. The molecule has 0 saturated heterocycles. The quantitative estimate of drug-likeness (QED) is 0.662. The van der Waals surface area contributed by atoms with Gasteiger partial charge in [-0.2, -0.15) is 0 Å². The third kappa shape index (κ3) is 4.72. The number of carbonyl (C=O) groups is 3. The van der Waals surface area contributed by atoms with Crippen LogP contribution in [-0.4, -0.2) is 34.5 Å². The lowest BCUT2D eigenvalue weighted by molar-refractivity contribution is -0.147. The molecule has 2 unspecified atom stereocenters. The van der Waals surface area contributed by atoms with Crippen molar-refractivity contribution in [2.45, 2.75) is 70.9 Å². The van der Waals surface area contributed by atoms with Crippen LogP contribution in [0.25, 0.3) is 0 Å². The van der Waals surface area contributed by atoms with Crippen LogP contribution in [0.1, 0.15) is 59.3 Å². The predicted octanol–water partition coefficient (Wildman–Crippen LogP) is 1.44. The summed E-state index contributed by atoms with van der Waals surface area (Å²) in [6.45, 7) is 4.93. The van der Waals surface area contributed by atoms with Gasteiger partial charge in [-0.1, -0.05) is 26.2 Å². The molecule has 0 heterocycles. The van der Waals surface area contributed by atoms with Crippen molar-refractivity contribution in [3.05, 3.63) is 0 Å². The molecule has 1 aliphatic rings. The molecule has 0 aromatic rings. The van der Waals surface area contributed by atoms with Gasteiger partial charge in [-0.15, -0.1) is 0 Å². The summed E-state index contributed by atoms with van der Waals surface area (Å²) < 4.78 is 0. The van der Waals surface area contributed by atoms with Gasteiger partial charge in [0.2, 0.25) is 11.8 Å². The van der Waals surface area contributed by atoms with Crippen LogP contribution < -0.4 is 10.6 Å². The van der Waals surface area contributed by atoms with E-state index < -0.39 is 23.5 Å². The van der Waals surface area contributed by atoms with E-state index in [4.69, 9.17) is 0 Å². The monoisotopic (exact) mass is 298 g/mol. The van der Waals surface area contributed by atoms with Gasteiger partial charge >= 0.3 is 5.97 Å². The summed E-state index contributed by atoms with van der Waals surface area (Å²) in [5.41, 5.74) is -1.29. The second-order valence-electron chi connectivity index (χ2n) is 6.09. The lowest BCUT2D eigenvalue weighted by atomic mass is 9.96. The molecule has 0 radical (unpaired) electrons. The van der Waals surface area contributed by atoms with Crippen molar-refractivity contribution in [1.29, 1.82) is 0 Å². The summed E-state index contributed by atoms with van der Waals surface area (Å²) in [5, 5.41) is 14.5. The van der Waals surface area contributed by atoms with Crippen molar-refractivity contribution in [2.24, 2.45) is 5.92 Å². The predicted molar refractivity (Wildman–Crippen MR) is 78.7 cm³/mol. The number of rotatable bonds is 7. The minimum Gasteiger partial charge on any atom is -0.480 e. The van der Waals surface area contributed by atoms with Crippen LogP contribution in [-0.2, 0) is 14.4 Å². The van der Waals surface area contributed by atoms with Crippen LogP contribution in [0.2, 0.25) is 0 Å². The molecule has 6 heteroatoms. The number of amides is 2. The van der Waals surface area contributed by atoms with Crippen molar-refractivity contribution < 1.29 is 19.5 Å². The van der Waals surface area contributed by atoms with Crippen LogP contribution >= 0.6 is 0 Å². The second-order valence-corrected chi connectivity index (χ2v) is 6.09. The molecule has 0 aromatic carbocycles. The number of hydrogen-bond donors (Lipinski definition) is 3. The van der Waals surface area contributed by atoms with Crippen LogP contribution in [0.3, 0.4) is 0 Å². The van der Waals surface area contributed by atoms with E-state index in [0.717, 1.165) is 25.7 Å². The average Bonchev–Trinajstić information content (AvgIpc) is 2.92. The maximum absolute atomic E-state index is 12.1. The maximum Gasteiger partial charge on any atom is 0.329 e. The summed E-state index contributed by atoms with van der Waals surface area (Å²) in [6.07, 6.45) is 4.81. The summed E-state index contributed by atoms with van der Waals surface area (Å²) in [7, 11) is 0. The van der Waals surface area contributed by atoms with E-state index in [0.29, 0.717) is 12.8 Å². The molecule has 1 saturated carbocycles. The highest BCUT2D eigenvalue weighted by atomic mass is 16.4. The second kappa shape index (κ2) is 7.43. The highest BCUT2D eigenvalue weighted by Gasteiger charge is 2.35. The van der Waals surface area contributed by atoms with Gasteiger partial charge in [-0.25, -0.2) is 4.79 Å². The summed E-state index contributed by atoms with van der Waals surface area (Å²) in [6, 6.07) is -0.728. The van der Waals surface area contributed by atoms with Gasteiger partial charge in [-0.05, 0) is 33.1 Å². The minimum atomic E-state index is -1.29. The smallest absolute Gasteiger partial charge is 0.329 e. The third-order valence-electron chi connectivity index (χ3n) is 4.10. The Hall–Kier alpha value is -1.59. The number of nitrogens with one attached hydrogen (secondary N) is 2. The zero-order valence-corrected chi connectivity index (χ0v) is 13.1. The Bertz CT molecular complexity index is 404. The average molecular weight is 298 g/mol. The third-order valence-corrected chi connectivity index (χ3v) is 4.10. The first-order chi connectivity index (χ1) is 9.80. The Morgan fingerprint density at radius 3 is 2.33 bits per heavy atom. The first kappa shape index (κ1) is 17.5. The summed E-state index contributed by atoms with van der Waals surface area (Å²) in [4.78, 5) is 35.4. The molecule has 120 valence electrons. The maximum atomic E-state index is 12.1. The molecular weight excluding hydrogens is 272 g/mol. The number of aliphatic carboxylic acids is 1. The van der Waals surface area contributed by atoms with Gasteiger partial charge in [0, 0.05) is 5.92 Å². The fourth-order valence-corrected chi connectivity index (χ4v) is 2.69. The van der Waals surface area contributed by atoms with E-state index in [1.807, 2.05) is 6.92 Å². The van der Waals surface area contributed by atoms with Gasteiger partial charge < -0.3 is 15.7 Å². The molecule has 1 rings (SSSR count). The number of carboxylic acid groups (broad SMARTS) is 1. The van der Waals surface area contributed by atoms with Gasteiger partial charge in [0.1, 0.15) is 11.6 Å². The van der Waals surface area contributed by atoms with E-state index in [2.05, 4.69) is 10.6 Å². The normalized spacial score (nSPS) is 19.6. The Morgan fingerprint density at radius 2 is 1.86 bits per heavy atom. The molecule has 0 aromatic heterocycles. The van der Waals surface area contributed by atoms with Gasteiger partial charge in [-0.3, -0.25) is 9.59 Å². The highest BCUT2D eigenvalue weighted by Crippen LogP contribution is 2.24. The zero-order valence-electron chi connectivity index (χ0n) is 13.1. The Labute approximate surface area is 125 Å². The molecule has 1 aliphatic carbocycles. The molecule has 6 nitrogen and oxygen atoms in total. The van der Waals surface area contributed by atoms with Crippen molar-refractivity contribution in [1.82, 2.24) is 10.6 Å². The van der Waals surface area contributed by atoms with Gasteiger partial charge in [0.25, 0.3) is 0 Å². The minimum absolute atomic E-state index is 0.0123. The Balaban J connectivity index is 2.56. The molecular formula is C15H26N2O4. The van der Waals surface area contributed by atoms with E-state index in [1.54, 1.807) is 6.92 Å². The molecule has 0 aliphatic heterocycles. The lowest BCUT2D eigenvalue weighted by Gasteiger charge is -2.28. The SMILES string of the molecule is CCCC(C)(NC(=O)C(C)NC(=O)C1CCCC1)C(=O)O. The zero-order chi connectivity index (χ0) is 16.0. The number of hydrogen-bond acceptors (Lipinski definition) is 3. The van der Waals surface area contributed by atoms with E-state index in [9.17, 15) is 19.5 Å². The molecule has 0 bridgehead atoms. The molecule has 2 amide bonds. The van der Waals surface area contributed by atoms with E-state index in [-0.39, 0.29) is 11.8 Å². The molecule has 3 N–H and O–H groups in total. The molecule has 21 heavy (non-hydrogen) atoms. The fourth-order valence-electron chi connectivity index (χ4n) is 2.69. The standard InChI is InChI=1S/C15H26N2O4/c1-4-9-15(3,14(20)21)17-12(18)10(2)16-13(19)11-7-5-6-8-11/h10-11H,4-9H2,1-3H3,(H,16,19)(H,17,18)(H,20,21). The van der Waals surface area contributed by atoms with Crippen molar-refractivity contribution in [3.63, 3.8) is 0 Å². The summed E-state index contributed by atoms with van der Waals surface area (Å²) >= 11 is 0. The van der Waals surface area contributed by atoms with Crippen molar-refractivity contribution >= 4 is 17.8 Å². The van der Waals surface area contributed by atoms with Crippen molar-refractivity contribution in [2.75, 3.05) is 0 Å². The summed E-state index contributed by atoms with van der Waals surface area (Å²) in [5.74, 6) is -1.64. The van der Waals surface area contributed by atoms with Crippen LogP contribution in [0, 0.1) is 5.92 Å². The van der Waals surface area contributed by atoms with Crippen LogP contribution in [0.4, 0.5) is 0 Å². The van der Waals surface area contributed by atoms with Crippen LogP contribution in [0.15, 0.2) is 0 Å². The lowest BCUT2D eigenvalue weighted by Crippen LogP contribution is -2.57.